The lowest BCUT2D eigenvalue weighted by Crippen LogP contribution is -2.22. The van der Waals surface area contributed by atoms with E-state index in [1.165, 1.54) is 0 Å². The Morgan fingerprint density at radius 1 is 1.53 bits per heavy atom. The van der Waals surface area contributed by atoms with E-state index in [-0.39, 0.29) is 5.56 Å². The molecule has 0 atom stereocenters. The van der Waals surface area contributed by atoms with E-state index in [1.54, 1.807) is 28.3 Å². The van der Waals surface area contributed by atoms with Crippen LogP contribution in [-0.4, -0.2) is 14.5 Å². The molecule has 3 aromatic heterocycles. The molecule has 3 rings (SSSR count). The molecule has 0 fully saturated rings. The number of H-pyrrole nitrogens is 1. The minimum absolute atomic E-state index is 0.0491. The summed E-state index contributed by atoms with van der Waals surface area (Å²) in [5.41, 5.74) is 0.905. The van der Waals surface area contributed by atoms with E-state index in [0.29, 0.717) is 16.7 Å². The maximum atomic E-state index is 12.4. The predicted molar refractivity (Wildman–Crippen MR) is 79.3 cm³/mol. The lowest BCUT2D eigenvalue weighted by Gasteiger charge is -2.05. The first-order valence-corrected chi connectivity index (χ1v) is 7.00. The average Bonchev–Trinajstić information content (AvgIpc) is 2.76. The van der Waals surface area contributed by atoms with Crippen molar-refractivity contribution in [3.63, 3.8) is 0 Å². The van der Waals surface area contributed by atoms with Gasteiger partial charge in [-0.15, -0.1) is 11.3 Å². The zero-order chi connectivity index (χ0) is 13.4. The number of fused-ring (bicyclic) bond motifs is 1. The maximum Gasteiger partial charge on any atom is 0.263 e. The molecule has 0 aliphatic carbocycles. The Balaban J connectivity index is 2.19. The average molecular weight is 289 g/mol. The molecular weight excluding hydrogens is 278 g/mol. The van der Waals surface area contributed by atoms with Crippen molar-refractivity contribution in [2.24, 2.45) is 0 Å². The summed E-state index contributed by atoms with van der Waals surface area (Å²) >= 11 is 6.82. The number of aryl methyl sites for hydroxylation is 1. The summed E-state index contributed by atoms with van der Waals surface area (Å²) in [6.45, 7) is 2.42. The predicted octanol–water partition coefficient (Wildman–Crippen LogP) is 2.87. The normalized spacial score (nSPS) is 11.0. The third-order valence-corrected chi connectivity index (χ3v) is 4.15. The van der Waals surface area contributed by atoms with Crippen LogP contribution in [0.4, 0.5) is 0 Å². The first-order valence-electron chi connectivity index (χ1n) is 5.77. The molecular formula is C13H11N3OS2. The number of nitrogens with one attached hydrogen (secondary N) is 1. The highest BCUT2D eigenvalue weighted by Gasteiger charge is 2.08. The van der Waals surface area contributed by atoms with Crippen molar-refractivity contribution in [1.29, 1.82) is 0 Å². The molecule has 3 heterocycles. The monoisotopic (exact) mass is 289 g/mol. The van der Waals surface area contributed by atoms with Gasteiger partial charge < -0.3 is 4.98 Å². The van der Waals surface area contributed by atoms with Crippen molar-refractivity contribution in [2.45, 2.75) is 13.5 Å². The van der Waals surface area contributed by atoms with Gasteiger partial charge in [-0.2, -0.15) is 0 Å². The topological polar surface area (TPSA) is 50.7 Å². The lowest BCUT2D eigenvalue weighted by atomic mass is 10.3. The number of aromatic amines is 1. The van der Waals surface area contributed by atoms with Crippen LogP contribution in [0.3, 0.4) is 0 Å². The van der Waals surface area contributed by atoms with Gasteiger partial charge in [0.25, 0.3) is 5.56 Å². The highest BCUT2D eigenvalue weighted by molar-refractivity contribution is 7.71. The molecule has 0 spiro atoms. The molecule has 6 heteroatoms. The van der Waals surface area contributed by atoms with Crippen LogP contribution in [0.1, 0.15) is 10.4 Å². The highest BCUT2D eigenvalue weighted by atomic mass is 32.1. The second kappa shape index (κ2) is 4.71. The van der Waals surface area contributed by atoms with Crippen molar-refractivity contribution in [1.82, 2.24) is 14.5 Å². The molecule has 1 N–H and O–H groups in total. The quantitative estimate of drug-likeness (QED) is 0.738. The van der Waals surface area contributed by atoms with Gasteiger partial charge in [-0.25, -0.2) is 0 Å². The molecule has 0 radical (unpaired) electrons. The largest absolute Gasteiger partial charge is 0.323 e. The number of hydrogen-bond donors (Lipinski definition) is 1. The number of rotatable bonds is 2. The van der Waals surface area contributed by atoms with Gasteiger partial charge in [0.15, 0.2) is 4.77 Å². The fraction of sp³-hybridized carbons (Fsp3) is 0.154. The summed E-state index contributed by atoms with van der Waals surface area (Å²) in [6, 6.07) is 5.67. The first kappa shape index (κ1) is 12.3. The fourth-order valence-electron chi connectivity index (χ4n) is 1.99. The molecule has 3 aromatic rings. The number of thiophene rings is 1. The van der Waals surface area contributed by atoms with Gasteiger partial charge in [0, 0.05) is 17.3 Å². The van der Waals surface area contributed by atoms with Gasteiger partial charge in [-0.05, 0) is 36.8 Å². The van der Waals surface area contributed by atoms with E-state index in [4.69, 9.17) is 12.2 Å². The number of nitrogens with zero attached hydrogens (tertiary/aromatic N) is 2. The summed E-state index contributed by atoms with van der Waals surface area (Å²) in [5.74, 6) is 0. The minimum atomic E-state index is -0.0491. The van der Waals surface area contributed by atoms with E-state index in [9.17, 15) is 4.79 Å². The molecule has 0 amide bonds. The van der Waals surface area contributed by atoms with Gasteiger partial charge in [-0.1, -0.05) is 6.07 Å². The highest BCUT2D eigenvalue weighted by Crippen LogP contribution is 2.19. The first-order chi connectivity index (χ1) is 9.15. The smallest absolute Gasteiger partial charge is 0.263 e. The molecule has 0 aliphatic heterocycles. The van der Waals surface area contributed by atoms with Crippen molar-refractivity contribution >= 4 is 33.8 Å². The number of hydrogen-bond acceptors (Lipinski definition) is 4. The summed E-state index contributed by atoms with van der Waals surface area (Å²) in [5, 5.41) is 0.694. The van der Waals surface area contributed by atoms with Crippen LogP contribution in [0.5, 0.6) is 0 Å². The van der Waals surface area contributed by atoms with Crippen LogP contribution in [0, 0.1) is 11.7 Å². The van der Waals surface area contributed by atoms with E-state index in [2.05, 4.69) is 9.97 Å². The van der Waals surface area contributed by atoms with Crippen LogP contribution >= 0.6 is 23.6 Å². The van der Waals surface area contributed by atoms with Gasteiger partial charge in [0.2, 0.25) is 0 Å². The lowest BCUT2D eigenvalue weighted by molar-refractivity contribution is 0.733. The fourth-order valence-corrected chi connectivity index (χ4v) is 3.20. The second-order valence-corrected chi connectivity index (χ2v) is 5.93. The molecule has 19 heavy (non-hydrogen) atoms. The van der Waals surface area contributed by atoms with Crippen LogP contribution in [-0.2, 0) is 6.54 Å². The number of pyridine rings is 1. The maximum absolute atomic E-state index is 12.4. The summed E-state index contributed by atoms with van der Waals surface area (Å²) in [4.78, 5) is 21.5. The molecule has 0 saturated carbocycles. The van der Waals surface area contributed by atoms with Crippen LogP contribution in [0.15, 0.2) is 35.4 Å². The molecule has 0 aromatic carbocycles. The zero-order valence-corrected chi connectivity index (χ0v) is 11.8. The third-order valence-electron chi connectivity index (χ3n) is 2.86. The van der Waals surface area contributed by atoms with Crippen molar-refractivity contribution in [3.8, 4) is 0 Å². The standard InChI is InChI=1S/C13H11N3OS2/c1-8-5-10-11(19-8)15-13(18)16(12(10)17)7-9-3-2-4-14-6-9/h2-6H,7H2,1H3,(H,15,18). The molecule has 0 bridgehead atoms. The Kier molecular flexibility index (Phi) is 3.04. The van der Waals surface area contributed by atoms with Crippen molar-refractivity contribution in [3.05, 3.63) is 56.2 Å². The third kappa shape index (κ3) is 2.24. The summed E-state index contributed by atoms with van der Waals surface area (Å²) in [6.07, 6.45) is 3.45. The molecule has 0 unspecified atom stereocenters. The molecule has 4 nitrogen and oxygen atoms in total. The molecule has 0 saturated heterocycles. The minimum Gasteiger partial charge on any atom is -0.323 e. The van der Waals surface area contributed by atoms with Gasteiger partial charge >= 0.3 is 0 Å². The SMILES string of the molecule is Cc1cc2c(=O)n(Cc3cccnc3)c(=S)[nH]c2s1. The van der Waals surface area contributed by atoms with E-state index in [1.807, 2.05) is 25.1 Å². The van der Waals surface area contributed by atoms with Gasteiger partial charge in [0.1, 0.15) is 4.83 Å². The Hall–Kier alpha value is -1.79. The van der Waals surface area contributed by atoms with Crippen LogP contribution < -0.4 is 5.56 Å². The summed E-state index contributed by atoms with van der Waals surface area (Å²) in [7, 11) is 0. The molecule has 0 aliphatic rings. The number of aromatic nitrogens is 3. The Morgan fingerprint density at radius 3 is 3.11 bits per heavy atom. The van der Waals surface area contributed by atoms with E-state index in [0.717, 1.165) is 15.3 Å². The van der Waals surface area contributed by atoms with Crippen molar-refractivity contribution < 1.29 is 0 Å². The zero-order valence-electron chi connectivity index (χ0n) is 10.2. The van der Waals surface area contributed by atoms with Crippen LogP contribution in [0.2, 0.25) is 0 Å². The van der Waals surface area contributed by atoms with E-state index < -0.39 is 0 Å². The molecule has 96 valence electrons. The van der Waals surface area contributed by atoms with Crippen LogP contribution in [0.25, 0.3) is 10.2 Å². The summed E-state index contributed by atoms with van der Waals surface area (Å²) < 4.78 is 2.02. The Morgan fingerprint density at radius 2 is 2.37 bits per heavy atom. The Labute approximate surface area is 118 Å². The van der Waals surface area contributed by atoms with Gasteiger partial charge in [0.05, 0.1) is 11.9 Å². The Bertz CT molecular complexity index is 846. The van der Waals surface area contributed by atoms with E-state index >= 15 is 0 Å². The van der Waals surface area contributed by atoms with Crippen molar-refractivity contribution in [2.75, 3.05) is 0 Å². The second-order valence-electron chi connectivity index (χ2n) is 4.28. The van der Waals surface area contributed by atoms with Gasteiger partial charge in [-0.3, -0.25) is 14.3 Å².